The minimum atomic E-state index is -1.72. The lowest BCUT2D eigenvalue weighted by Crippen LogP contribution is -2.57. The van der Waals surface area contributed by atoms with Crippen LogP contribution in [0, 0.1) is 17.8 Å². The van der Waals surface area contributed by atoms with E-state index in [2.05, 4.69) is 45.0 Å². The zero-order chi connectivity index (χ0) is 27.9. The Labute approximate surface area is 231 Å². The van der Waals surface area contributed by atoms with Gasteiger partial charge in [0.2, 0.25) is 0 Å². The summed E-state index contributed by atoms with van der Waals surface area (Å²) in [6.07, 6.45) is 12.6. The van der Waals surface area contributed by atoms with E-state index in [1.165, 1.54) is 5.57 Å². The summed E-state index contributed by atoms with van der Waals surface area (Å²) in [5.41, 5.74) is 0.916. The predicted octanol–water partition coefficient (Wildman–Crippen LogP) is 5.00. The second-order valence-electron chi connectivity index (χ2n) is 12.4. The van der Waals surface area contributed by atoms with Gasteiger partial charge in [0.05, 0.1) is 18.8 Å². The number of esters is 1. The number of aliphatic hydroxyl groups is 1. The van der Waals surface area contributed by atoms with Crippen molar-refractivity contribution in [2.75, 3.05) is 6.61 Å². The Hall–Kier alpha value is -2.26. The molecule has 214 valence electrons. The maximum atomic E-state index is 13.9. The molecule has 5 aliphatic rings. The molecular formula is C31H43NO7. The first-order valence-corrected chi connectivity index (χ1v) is 14.4. The third-order valence-electron chi connectivity index (χ3n) is 9.25. The molecule has 1 aliphatic carbocycles. The highest BCUT2D eigenvalue weighted by Gasteiger charge is 2.59. The summed E-state index contributed by atoms with van der Waals surface area (Å²) in [6.45, 7) is 10.4. The van der Waals surface area contributed by atoms with Gasteiger partial charge in [-0.15, -0.1) is 0 Å². The quantitative estimate of drug-likeness (QED) is 0.192. The highest BCUT2D eigenvalue weighted by atomic mass is 16.7. The molecule has 0 unspecified atom stereocenters. The number of carbonyl (C=O) groups is 1. The van der Waals surface area contributed by atoms with Crippen LogP contribution in [-0.2, 0) is 23.7 Å². The molecule has 0 aromatic rings. The van der Waals surface area contributed by atoms with E-state index in [-0.39, 0.29) is 30.4 Å². The van der Waals surface area contributed by atoms with E-state index in [1.54, 1.807) is 13.0 Å². The van der Waals surface area contributed by atoms with E-state index >= 15 is 0 Å². The average Bonchev–Trinajstić information content (AvgIpc) is 3.21. The SMILES string of the molecule is CC1=C[C@H]2C(=O)O[C@H]3C[C@@H](C/C=C(/C)C[C@@H](C)/C=C/C=C4\CO[C@H](/C1=N/O)[C@@]42O)O[C@@]1(CC[C@H](C)[C@@H](C)O1)C3. The topological polar surface area (TPSA) is 107 Å². The largest absolute Gasteiger partial charge is 0.462 e. The third kappa shape index (κ3) is 5.41. The van der Waals surface area contributed by atoms with Crippen molar-refractivity contribution in [3.63, 3.8) is 0 Å². The fourth-order valence-electron chi connectivity index (χ4n) is 6.85. The first kappa shape index (κ1) is 28.3. The molecule has 0 aromatic carbocycles. The van der Waals surface area contributed by atoms with E-state index in [0.717, 1.165) is 19.3 Å². The van der Waals surface area contributed by atoms with Crippen molar-refractivity contribution in [1.29, 1.82) is 0 Å². The molecule has 39 heavy (non-hydrogen) atoms. The van der Waals surface area contributed by atoms with Crippen molar-refractivity contribution in [2.45, 2.75) is 109 Å². The van der Waals surface area contributed by atoms with Gasteiger partial charge < -0.3 is 29.3 Å². The Kier molecular flexibility index (Phi) is 7.94. The maximum Gasteiger partial charge on any atom is 0.316 e. The molecule has 4 heterocycles. The number of hydrogen-bond acceptors (Lipinski definition) is 8. The minimum absolute atomic E-state index is 0.0431. The van der Waals surface area contributed by atoms with E-state index in [9.17, 15) is 15.1 Å². The van der Waals surface area contributed by atoms with E-state index in [0.29, 0.717) is 36.3 Å². The molecule has 8 nitrogen and oxygen atoms in total. The minimum Gasteiger partial charge on any atom is -0.462 e. The highest BCUT2D eigenvalue weighted by molar-refractivity contribution is 6.06. The van der Waals surface area contributed by atoms with Crippen LogP contribution in [0.15, 0.2) is 52.3 Å². The molecule has 4 aliphatic heterocycles. The first-order chi connectivity index (χ1) is 18.5. The molecule has 5 rings (SSSR count). The lowest BCUT2D eigenvalue weighted by molar-refractivity contribution is -0.332. The highest BCUT2D eigenvalue weighted by Crippen LogP contribution is 2.46. The van der Waals surface area contributed by atoms with Crippen molar-refractivity contribution in [2.24, 2.45) is 22.9 Å². The van der Waals surface area contributed by atoms with Crippen molar-refractivity contribution in [3.8, 4) is 0 Å². The van der Waals surface area contributed by atoms with E-state index < -0.39 is 35.5 Å². The van der Waals surface area contributed by atoms with Crippen LogP contribution in [-0.4, -0.2) is 64.4 Å². The lowest BCUT2D eigenvalue weighted by Gasteiger charge is -2.49. The van der Waals surface area contributed by atoms with Crippen LogP contribution in [0.3, 0.4) is 0 Å². The van der Waals surface area contributed by atoms with Gasteiger partial charge in [0.25, 0.3) is 0 Å². The summed E-state index contributed by atoms with van der Waals surface area (Å²) in [5.74, 6) is -1.62. The number of rotatable bonds is 0. The number of oxime groups is 1. The van der Waals surface area contributed by atoms with Crippen LogP contribution in [0.5, 0.6) is 0 Å². The molecule has 2 bridgehead atoms. The number of carbonyl (C=O) groups excluding carboxylic acids is 1. The second-order valence-corrected chi connectivity index (χ2v) is 12.4. The van der Waals surface area contributed by atoms with Crippen molar-refractivity contribution >= 4 is 11.7 Å². The van der Waals surface area contributed by atoms with Crippen LogP contribution in [0.1, 0.15) is 73.1 Å². The summed E-state index contributed by atoms with van der Waals surface area (Å²) in [7, 11) is 0. The van der Waals surface area contributed by atoms with Gasteiger partial charge in [0.15, 0.2) is 5.79 Å². The maximum absolute atomic E-state index is 13.9. The lowest BCUT2D eigenvalue weighted by atomic mass is 9.71. The Morgan fingerprint density at radius 1 is 1.13 bits per heavy atom. The number of nitrogens with zero attached hydrogens (tertiary/aromatic N) is 1. The predicted molar refractivity (Wildman–Crippen MR) is 146 cm³/mol. The van der Waals surface area contributed by atoms with Crippen LogP contribution < -0.4 is 0 Å². The normalized spacial score (nSPS) is 47.8. The molecule has 0 aromatic heterocycles. The summed E-state index contributed by atoms with van der Waals surface area (Å²) in [5, 5.41) is 25.2. The standard InChI is InChI=1S/C31H43NO7/c1-18-7-6-8-23-17-36-28-27(32-35)21(4)14-26(31(23,28)34)29(33)37-25-15-24(10-9-19(2)13-18)39-30(16-25)12-11-20(3)22(5)38-30/h6-9,14,18,20,22,24-26,28,34-35H,10-13,15-17H2,1-5H3/b7-6+,19-9-,23-8+,32-27+/t18-,20-,22+,24+,25-,26-,28+,30-,31+/m0/s1. The van der Waals surface area contributed by atoms with E-state index in [4.69, 9.17) is 18.9 Å². The molecule has 0 amide bonds. The second kappa shape index (κ2) is 11.0. The zero-order valence-electron chi connectivity index (χ0n) is 23.8. The number of allylic oxidation sites excluding steroid dienone is 4. The van der Waals surface area contributed by atoms with Crippen LogP contribution in [0.25, 0.3) is 0 Å². The van der Waals surface area contributed by atoms with Crippen molar-refractivity contribution in [1.82, 2.24) is 0 Å². The summed E-state index contributed by atoms with van der Waals surface area (Å²) >= 11 is 0. The van der Waals surface area contributed by atoms with Crippen molar-refractivity contribution < 1.29 is 34.1 Å². The van der Waals surface area contributed by atoms with Gasteiger partial charge in [0, 0.05) is 19.3 Å². The monoisotopic (exact) mass is 541 g/mol. The first-order valence-electron chi connectivity index (χ1n) is 14.4. The molecule has 8 heteroatoms. The van der Waals surface area contributed by atoms with Gasteiger partial charge in [-0.2, -0.15) is 0 Å². The molecule has 2 N–H and O–H groups in total. The third-order valence-corrected chi connectivity index (χ3v) is 9.25. The summed E-state index contributed by atoms with van der Waals surface area (Å²) < 4.78 is 25.3. The van der Waals surface area contributed by atoms with Gasteiger partial charge in [0.1, 0.15) is 29.4 Å². The van der Waals surface area contributed by atoms with Gasteiger partial charge in [-0.3, -0.25) is 4.79 Å². The molecule has 0 saturated carbocycles. The average molecular weight is 542 g/mol. The number of hydrogen-bond donors (Lipinski definition) is 2. The molecule has 9 atom stereocenters. The molecular weight excluding hydrogens is 498 g/mol. The fourth-order valence-corrected chi connectivity index (χ4v) is 6.85. The Balaban J connectivity index is 1.53. The van der Waals surface area contributed by atoms with Crippen LogP contribution in [0.2, 0.25) is 0 Å². The molecule has 1 spiro atoms. The Bertz CT molecular complexity index is 1120. The molecule has 3 saturated heterocycles. The smallest absolute Gasteiger partial charge is 0.316 e. The van der Waals surface area contributed by atoms with Gasteiger partial charge in [-0.05, 0) is 63.0 Å². The number of fused-ring (bicyclic) bond motifs is 2. The van der Waals surface area contributed by atoms with Crippen LogP contribution in [0.4, 0.5) is 0 Å². The van der Waals surface area contributed by atoms with Gasteiger partial charge in [-0.1, -0.05) is 55.0 Å². The Morgan fingerprint density at radius 3 is 2.67 bits per heavy atom. The van der Waals surface area contributed by atoms with Gasteiger partial charge in [-0.25, -0.2) is 0 Å². The van der Waals surface area contributed by atoms with Crippen LogP contribution >= 0.6 is 0 Å². The molecule has 3 fully saturated rings. The summed E-state index contributed by atoms with van der Waals surface area (Å²) in [4.78, 5) is 13.9. The zero-order valence-corrected chi connectivity index (χ0v) is 23.8. The van der Waals surface area contributed by atoms with Crippen molar-refractivity contribution in [3.05, 3.63) is 47.1 Å². The Morgan fingerprint density at radius 2 is 1.92 bits per heavy atom. The van der Waals surface area contributed by atoms with E-state index in [1.807, 2.05) is 12.2 Å². The number of ether oxygens (including phenoxy) is 4. The fraction of sp³-hybridized carbons (Fsp3) is 0.677. The summed E-state index contributed by atoms with van der Waals surface area (Å²) in [6, 6.07) is 0. The van der Waals surface area contributed by atoms with Gasteiger partial charge >= 0.3 is 5.97 Å². The molecule has 0 radical (unpaired) electrons.